The molecule has 0 saturated carbocycles. The lowest BCUT2D eigenvalue weighted by Gasteiger charge is -2.14. The Kier molecular flexibility index (Phi) is 5.13. The van der Waals surface area contributed by atoms with Gasteiger partial charge in [-0.1, -0.05) is 36.2 Å². The number of rotatable bonds is 4. The fraction of sp³-hybridized carbons (Fsp3) is 0.357. The van der Waals surface area contributed by atoms with E-state index in [1.165, 1.54) is 0 Å². The molecule has 6 heteroatoms. The Balaban J connectivity index is 2.27. The summed E-state index contributed by atoms with van der Waals surface area (Å²) in [5, 5.41) is 5.68. The molecule has 3 nitrogen and oxygen atoms in total. The Hall–Kier alpha value is -0.550. The third kappa shape index (κ3) is 3.19. The monoisotopic (exact) mass is 375 g/mol. The zero-order valence-corrected chi connectivity index (χ0v) is 14.4. The molecule has 2 aromatic rings. The van der Waals surface area contributed by atoms with Crippen molar-refractivity contribution in [3.8, 4) is 0 Å². The van der Waals surface area contributed by atoms with E-state index in [-0.39, 0.29) is 6.04 Å². The average Bonchev–Trinajstić information content (AvgIpc) is 2.66. The highest BCUT2D eigenvalue weighted by molar-refractivity contribution is 9.10. The van der Waals surface area contributed by atoms with Gasteiger partial charge in [0, 0.05) is 29.6 Å². The number of halogens is 3. The molecule has 1 heterocycles. The van der Waals surface area contributed by atoms with E-state index in [1.807, 2.05) is 17.8 Å². The molecule has 108 valence electrons. The van der Waals surface area contributed by atoms with Crippen LogP contribution in [0.3, 0.4) is 0 Å². The maximum Gasteiger partial charge on any atom is 0.0766 e. The summed E-state index contributed by atoms with van der Waals surface area (Å²) in [6.45, 7) is 2.08. The molecule has 0 aliphatic heterocycles. The largest absolute Gasteiger partial charge is 0.324 e. The van der Waals surface area contributed by atoms with E-state index < -0.39 is 0 Å². The summed E-state index contributed by atoms with van der Waals surface area (Å²) in [6, 6.07) is 5.20. The summed E-state index contributed by atoms with van der Waals surface area (Å²) in [4.78, 5) is 0. The summed E-state index contributed by atoms with van der Waals surface area (Å²) >= 11 is 15.7. The first-order valence-electron chi connectivity index (χ1n) is 6.34. The standard InChI is InChI=1S/C14H16BrCl2N3/c1-3-12-14(15)13(20(2)19-12)7-11(18)9-5-4-8(16)6-10(9)17/h4-6,11H,3,7,18H2,1-2H3. The van der Waals surface area contributed by atoms with Crippen LogP contribution in [0.1, 0.15) is 29.9 Å². The van der Waals surface area contributed by atoms with Gasteiger partial charge in [0.2, 0.25) is 0 Å². The van der Waals surface area contributed by atoms with E-state index in [2.05, 4.69) is 28.0 Å². The number of hydrogen-bond acceptors (Lipinski definition) is 2. The zero-order chi connectivity index (χ0) is 14.9. The highest BCUT2D eigenvalue weighted by Gasteiger charge is 2.18. The van der Waals surface area contributed by atoms with Gasteiger partial charge in [-0.2, -0.15) is 5.10 Å². The third-order valence-electron chi connectivity index (χ3n) is 3.28. The topological polar surface area (TPSA) is 43.8 Å². The van der Waals surface area contributed by atoms with Gasteiger partial charge in [-0.15, -0.1) is 0 Å². The Bertz CT molecular complexity index is 625. The minimum Gasteiger partial charge on any atom is -0.324 e. The first-order valence-corrected chi connectivity index (χ1v) is 7.89. The van der Waals surface area contributed by atoms with Gasteiger partial charge in [0.05, 0.1) is 15.9 Å². The van der Waals surface area contributed by atoms with Crippen LogP contribution in [0, 0.1) is 0 Å². The molecule has 2 rings (SSSR count). The fourth-order valence-corrected chi connectivity index (χ4v) is 3.49. The van der Waals surface area contributed by atoms with Crippen molar-refractivity contribution in [1.29, 1.82) is 0 Å². The number of aryl methyl sites for hydroxylation is 2. The Labute approximate surface area is 137 Å². The molecule has 0 aliphatic carbocycles. The Morgan fingerprint density at radius 1 is 1.40 bits per heavy atom. The second-order valence-corrected chi connectivity index (χ2v) is 6.30. The van der Waals surface area contributed by atoms with Crippen molar-refractivity contribution >= 4 is 39.1 Å². The van der Waals surface area contributed by atoms with Crippen molar-refractivity contribution < 1.29 is 0 Å². The summed E-state index contributed by atoms with van der Waals surface area (Å²) in [7, 11) is 1.93. The van der Waals surface area contributed by atoms with Gasteiger partial charge in [0.1, 0.15) is 0 Å². The molecule has 0 fully saturated rings. The molecule has 0 saturated heterocycles. The van der Waals surface area contributed by atoms with Gasteiger partial charge >= 0.3 is 0 Å². The molecule has 1 aromatic carbocycles. The quantitative estimate of drug-likeness (QED) is 0.864. The van der Waals surface area contributed by atoms with Crippen molar-refractivity contribution in [2.24, 2.45) is 12.8 Å². The molecule has 1 atom stereocenters. The lowest BCUT2D eigenvalue weighted by atomic mass is 10.0. The van der Waals surface area contributed by atoms with E-state index >= 15 is 0 Å². The van der Waals surface area contributed by atoms with Gasteiger partial charge in [0.15, 0.2) is 0 Å². The van der Waals surface area contributed by atoms with Crippen LogP contribution in [0.2, 0.25) is 10.0 Å². The summed E-state index contributed by atoms with van der Waals surface area (Å²) < 4.78 is 2.90. The van der Waals surface area contributed by atoms with Crippen molar-refractivity contribution in [2.75, 3.05) is 0 Å². The number of nitrogens with two attached hydrogens (primary N) is 1. The van der Waals surface area contributed by atoms with Crippen LogP contribution in [0.15, 0.2) is 22.7 Å². The van der Waals surface area contributed by atoms with Gasteiger partial charge in [-0.25, -0.2) is 0 Å². The Morgan fingerprint density at radius 2 is 2.10 bits per heavy atom. The van der Waals surface area contributed by atoms with Gasteiger partial charge in [-0.3, -0.25) is 4.68 Å². The van der Waals surface area contributed by atoms with E-state index in [9.17, 15) is 0 Å². The molecule has 0 amide bonds. The summed E-state index contributed by atoms with van der Waals surface area (Å²) in [6.07, 6.45) is 1.54. The third-order valence-corrected chi connectivity index (χ3v) is 4.76. The van der Waals surface area contributed by atoms with E-state index in [0.29, 0.717) is 16.5 Å². The minimum absolute atomic E-state index is 0.198. The van der Waals surface area contributed by atoms with Gasteiger partial charge in [0.25, 0.3) is 0 Å². The highest BCUT2D eigenvalue weighted by Crippen LogP contribution is 2.30. The van der Waals surface area contributed by atoms with Crippen molar-refractivity contribution in [3.63, 3.8) is 0 Å². The molecule has 0 spiro atoms. The number of aromatic nitrogens is 2. The lowest BCUT2D eigenvalue weighted by Crippen LogP contribution is -2.16. The zero-order valence-electron chi connectivity index (χ0n) is 11.3. The average molecular weight is 377 g/mol. The van der Waals surface area contributed by atoms with Crippen LogP contribution in [0.4, 0.5) is 0 Å². The number of hydrogen-bond donors (Lipinski definition) is 1. The first kappa shape index (κ1) is 15.8. The molecular weight excluding hydrogens is 361 g/mol. The second kappa shape index (κ2) is 6.48. The predicted octanol–water partition coefficient (Wildman–Crippen LogP) is 4.29. The molecule has 1 unspecified atom stereocenters. The smallest absolute Gasteiger partial charge is 0.0766 e. The van der Waals surface area contributed by atoms with Crippen molar-refractivity contribution in [2.45, 2.75) is 25.8 Å². The van der Waals surface area contributed by atoms with E-state index in [4.69, 9.17) is 28.9 Å². The van der Waals surface area contributed by atoms with Crippen LogP contribution in [0.5, 0.6) is 0 Å². The first-order chi connectivity index (χ1) is 9.43. The van der Waals surface area contributed by atoms with Crippen LogP contribution < -0.4 is 5.73 Å². The Morgan fingerprint density at radius 3 is 2.65 bits per heavy atom. The maximum atomic E-state index is 6.28. The molecule has 2 N–H and O–H groups in total. The molecule has 0 radical (unpaired) electrons. The maximum absolute atomic E-state index is 6.28. The fourth-order valence-electron chi connectivity index (χ4n) is 2.16. The summed E-state index contributed by atoms with van der Waals surface area (Å²) in [5.74, 6) is 0. The minimum atomic E-state index is -0.198. The number of nitrogens with zero attached hydrogens (tertiary/aromatic N) is 2. The van der Waals surface area contributed by atoms with Gasteiger partial charge in [-0.05, 0) is 40.0 Å². The van der Waals surface area contributed by atoms with E-state index in [0.717, 1.165) is 27.8 Å². The predicted molar refractivity (Wildman–Crippen MR) is 87.4 cm³/mol. The molecule has 1 aromatic heterocycles. The summed E-state index contributed by atoms with van der Waals surface area (Å²) in [5.41, 5.74) is 9.28. The highest BCUT2D eigenvalue weighted by atomic mass is 79.9. The lowest BCUT2D eigenvalue weighted by molar-refractivity contribution is 0.637. The van der Waals surface area contributed by atoms with Crippen LogP contribution in [-0.2, 0) is 19.9 Å². The molecule has 20 heavy (non-hydrogen) atoms. The van der Waals surface area contributed by atoms with Crippen LogP contribution in [0.25, 0.3) is 0 Å². The normalized spacial score (nSPS) is 12.7. The van der Waals surface area contributed by atoms with Crippen LogP contribution >= 0.6 is 39.1 Å². The van der Waals surface area contributed by atoms with E-state index in [1.54, 1.807) is 12.1 Å². The molecular formula is C14H16BrCl2N3. The molecule has 0 aliphatic rings. The van der Waals surface area contributed by atoms with Crippen molar-refractivity contribution in [3.05, 3.63) is 49.7 Å². The second-order valence-electron chi connectivity index (χ2n) is 4.66. The van der Waals surface area contributed by atoms with Crippen LogP contribution in [-0.4, -0.2) is 9.78 Å². The SMILES string of the molecule is CCc1nn(C)c(CC(N)c2ccc(Cl)cc2Cl)c1Br. The molecule has 0 bridgehead atoms. The van der Waals surface area contributed by atoms with Crippen molar-refractivity contribution in [1.82, 2.24) is 9.78 Å². The number of benzene rings is 1. The van der Waals surface area contributed by atoms with Gasteiger partial charge < -0.3 is 5.73 Å².